The normalized spacial score (nSPS) is 10.6. The Hall–Kier alpha value is -1.07. The topological polar surface area (TPSA) is 50.2 Å². The van der Waals surface area contributed by atoms with Crippen molar-refractivity contribution < 1.29 is 9.90 Å². The first-order chi connectivity index (χ1) is 6.74. The minimum Gasteiger partial charge on any atom is -0.478 e. The Kier molecular flexibility index (Phi) is 2.43. The average molecular weight is 225 g/mol. The summed E-state index contributed by atoms with van der Waals surface area (Å²) in [6, 6.07) is 3.55. The highest BCUT2D eigenvalue weighted by Gasteiger charge is 2.17. The lowest BCUT2D eigenvalue weighted by Crippen LogP contribution is -1.95. The molecule has 14 heavy (non-hydrogen) atoms. The zero-order chi connectivity index (χ0) is 10.1. The van der Waals surface area contributed by atoms with Gasteiger partial charge in [0.2, 0.25) is 0 Å². The molecule has 0 atom stereocenters. The number of rotatable bonds is 2. The monoisotopic (exact) mass is 225 g/mol. The molecule has 0 saturated heterocycles. The second kappa shape index (κ2) is 3.59. The fourth-order valence-corrected chi connectivity index (χ4v) is 3.10. The Morgan fingerprint density at radius 2 is 2.43 bits per heavy atom. The number of hydrogen-bond donors (Lipinski definition) is 1. The highest BCUT2D eigenvalue weighted by atomic mass is 32.2. The fraction of sp³-hybridized carbons (Fsp3) is 0.111. The molecule has 1 N–H and O–H groups in total. The van der Waals surface area contributed by atoms with E-state index in [-0.39, 0.29) is 0 Å². The van der Waals surface area contributed by atoms with Crippen LogP contribution in [-0.4, -0.2) is 22.3 Å². The van der Waals surface area contributed by atoms with Crippen molar-refractivity contribution in [1.29, 1.82) is 0 Å². The molecular weight excluding hydrogens is 218 g/mol. The maximum absolute atomic E-state index is 11.0. The number of thiophene rings is 1. The first-order valence-corrected chi connectivity index (χ1v) is 5.93. The molecule has 0 saturated carbocycles. The SMILES string of the molecule is CSc1sc2ncccc2c1C(=O)O. The van der Waals surface area contributed by atoms with Crippen molar-refractivity contribution in [2.24, 2.45) is 0 Å². The van der Waals surface area contributed by atoms with Gasteiger partial charge in [0.05, 0.1) is 9.77 Å². The Morgan fingerprint density at radius 1 is 1.64 bits per heavy atom. The predicted octanol–water partition coefficient (Wildman–Crippen LogP) is 2.72. The fourth-order valence-electron chi connectivity index (χ4n) is 1.26. The predicted molar refractivity (Wildman–Crippen MR) is 58.4 cm³/mol. The van der Waals surface area contributed by atoms with Gasteiger partial charge >= 0.3 is 5.97 Å². The van der Waals surface area contributed by atoms with Crippen molar-refractivity contribution >= 4 is 39.3 Å². The summed E-state index contributed by atoms with van der Waals surface area (Å²) in [6.45, 7) is 0. The Morgan fingerprint density at radius 3 is 3.07 bits per heavy atom. The average Bonchev–Trinajstić information content (AvgIpc) is 2.55. The summed E-state index contributed by atoms with van der Waals surface area (Å²) < 4.78 is 0.811. The first kappa shape index (κ1) is 9.48. The Balaban J connectivity index is 2.81. The van der Waals surface area contributed by atoms with Gasteiger partial charge in [0.25, 0.3) is 0 Å². The molecule has 72 valence electrons. The van der Waals surface area contributed by atoms with E-state index in [4.69, 9.17) is 5.11 Å². The number of carboxylic acids is 1. The maximum Gasteiger partial charge on any atom is 0.338 e. The molecule has 0 aliphatic heterocycles. The van der Waals surface area contributed by atoms with Crippen molar-refractivity contribution in [3.8, 4) is 0 Å². The number of aromatic carboxylic acids is 1. The molecule has 0 amide bonds. The van der Waals surface area contributed by atoms with Gasteiger partial charge in [0.1, 0.15) is 4.83 Å². The van der Waals surface area contributed by atoms with Crippen LogP contribution in [0.1, 0.15) is 10.4 Å². The van der Waals surface area contributed by atoms with Gasteiger partial charge in [-0.3, -0.25) is 0 Å². The number of carboxylic acid groups (broad SMARTS) is 1. The van der Waals surface area contributed by atoms with Crippen LogP contribution in [0.4, 0.5) is 0 Å². The van der Waals surface area contributed by atoms with Crippen LogP contribution in [0.2, 0.25) is 0 Å². The van der Waals surface area contributed by atoms with E-state index in [0.717, 1.165) is 14.4 Å². The molecule has 2 aromatic rings. The Labute approximate surface area is 88.8 Å². The lowest BCUT2D eigenvalue weighted by Gasteiger charge is -1.93. The number of fused-ring (bicyclic) bond motifs is 1. The second-order valence-electron chi connectivity index (χ2n) is 2.63. The smallest absolute Gasteiger partial charge is 0.338 e. The summed E-state index contributed by atoms with van der Waals surface area (Å²) in [5, 5.41) is 9.78. The molecule has 0 bridgehead atoms. The van der Waals surface area contributed by atoms with Gasteiger partial charge < -0.3 is 5.11 Å². The molecule has 0 aliphatic rings. The minimum absolute atomic E-state index is 0.380. The van der Waals surface area contributed by atoms with E-state index in [1.165, 1.54) is 23.1 Å². The van der Waals surface area contributed by atoms with Crippen LogP contribution >= 0.6 is 23.1 Å². The molecule has 3 nitrogen and oxygen atoms in total. The van der Waals surface area contributed by atoms with Gasteiger partial charge in [0.15, 0.2) is 0 Å². The third-order valence-corrected chi connectivity index (χ3v) is 4.07. The van der Waals surface area contributed by atoms with E-state index >= 15 is 0 Å². The summed E-state index contributed by atoms with van der Waals surface area (Å²) >= 11 is 2.87. The second-order valence-corrected chi connectivity index (χ2v) is 4.70. The van der Waals surface area contributed by atoms with Crippen LogP contribution in [0.25, 0.3) is 10.2 Å². The molecule has 0 aliphatic carbocycles. The van der Waals surface area contributed by atoms with E-state index in [1.54, 1.807) is 18.3 Å². The number of aromatic nitrogens is 1. The highest BCUT2D eigenvalue weighted by molar-refractivity contribution is 8.00. The minimum atomic E-state index is -0.881. The van der Waals surface area contributed by atoms with Crippen LogP contribution in [0, 0.1) is 0 Å². The highest BCUT2D eigenvalue weighted by Crippen LogP contribution is 2.35. The van der Waals surface area contributed by atoms with Crippen LogP contribution in [0.3, 0.4) is 0 Å². The van der Waals surface area contributed by atoms with E-state index in [1.807, 2.05) is 6.26 Å². The number of thioether (sulfide) groups is 1. The van der Waals surface area contributed by atoms with Gasteiger partial charge in [-0.1, -0.05) is 0 Å². The quantitative estimate of drug-likeness (QED) is 0.798. The molecule has 0 spiro atoms. The van der Waals surface area contributed by atoms with Crippen LogP contribution in [0.5, 0.6) is 0 Å². The van der Waals surface area contributed by atoms with E-state index in [0.29, 0.717) is 5.56 Å². The number of pyridine rings is 1. The molecule has 2 aromatic heterocycles. The van der Waals surface area contributed by atoms with E-state index in [2.05, 4.69) is 4.98 Å². The molecule has 0 aromatic carbocycles. The van der Waals surface area contributed by atoms with E-state index < -0.39 is 5.97 Å². The van der Waals surface area contributed by atoms with Crippen LogP contribution in [0.15, 0.2) is 22.5 Å². The van der Waals surface area contributed by atoms with Gasteiger partial charge in [-0.05, 0) is 18.4 Å². The van der Waals surface area contributed by atoms with Gasteiger partial charge in [-0.2, -0.15) is 0 Å². The largest absolute Gasteiger partial charge is 0.478 e. The summed E-state index contributed by atoms with van der Waals surface area (Å²) in [5.74, 6) is -0.881. The first-order valence-electron chi connectivity index (χ1n) is 3.89. The summed E-state index contributed by atoms with van der Waals surface area (Å²) in [5.41, 5.74) is 0.380. The van der Waals surface area contributed by atoms with Gasteiger partial charge in [0, 0.05) is 11.6 Å². The Bertz CT molecular complexity index is 493. The van der Waals surface area contributed by atoms with Gasteiger partial charge in [-0.25, -0.2) is 9.78 Å². The lowest BCUT2D eigenvalue weighted by atomic mass is 10.2. The molecule has 2 heterocycles. The van der Waals surface area contributed by atoms with E-state index in [9.17, 15) is 4.79 Å². The molecular formula is C9H7NO2S2. The van der Waals surface area contributed by atoms with Crippen LogP contribution < -0.4 is 0 Å². The third-order valence-electron chi connectivity index (χ3n) is 1.83. The standard InChI is InChI=1S/C9H7NO2S2/c1-13-9-6(8(11)12)5-3-2-4-10-7(5)14-9/h2-4H,1H3,(H,11,12). The molecule has 0 fully saturated rings. The molecule has 0 radical (unpaired) electrons. The number of hydrogen-bond acceptors (Lipinski definition) is 4. The van der Waals surface area contributed by atoms with Crippen molar-refractivity contribution in [3.63, 3.8) is 0 Å². The van der Waals surface area contributed by atoms with Crippen LogP contribution in [-0.2, 0) is 0 Å². The molecule has 5 heteroatoms. The zero-order valence-electron chi connectivity index (χ0n) is 7.35. The summed E-state index contributed by atoms with van der Waals surface area (Å²) in [6.07, 6.45) is 3.55. The summed E-state index contributed by atoms with van der Waals surface area (Å²) in [7, 11) is 0. The van der Waals surface area contributed by atoms with Crippen molar-refractivity contribution in [1.82, 2.24) is 4.98 Å². The van der Waals surface area contributed by atoms with Crippen molar-refractivity contribution in [2.75, 3.05) is 6.26 Å². The third kappa shape index (κ3) is 1.38. The number of carbonyl (C=O) groups is 1. The molecule has 0 unspecified atom stereocenters. The number of nitrogens with zero attached hydrogens (tertiary/aromatic N) is 1. The lowest BCUT2D eigenvalue weighted by molar-refractivity contribution is 0.0696. The maximum atomic E-state index is 11.0. The van der Waals surface area contributed by atoms with Crippen molar-refractivity contribution in [3.05, 3.63) is 23.9 Å². The van der Waals surface area contributed by atoms with Gasteiger partial charge in [-0.15, -0.1) is 23.1 Å². The zero-order valence-corrected chi connectivity index (χ0v) is 8.98. The summed E-state index contributed by atoms with van der Waals surface area (Å²) in [4.78, 5) is 15.9. The van der Waals surface area contributed by atoms with Crippen molar-refractivity contribution in [2.45, 2.75) is 4.21 Å². The molecule has 2 rings (SSSR count).